The smallest absolute Gasteiger partial charge is 0.304 e. The fourth-order valence-corrected chi connectivity index (χ4v) is 2.40. The largest absolute Gasteiger partial charge is 0.481 e. The molecule has 1 aromatic rings. The second kappa shape index (κ2) is 7.29. The van der Waals surface area contributed by atoms with E-state index in [4.69, 9.17) is 5.11 Å². The van der Waals surface area contributed by atoms with Crippen LogP contribution in [0, 0.1) is 0 Å². The summed E-state index contributed by atoms with van der Waals surface area (Å²) in [6, 6.07) is 1.78. The third-order valence-electron chi connectivity index (χ3n) is 1.78. The van der Waals surface area contributed by atoms with Crippen molar-refractivity contribution in [2.45, 2.75) is 6.42 Å². The van der Waals surface area contributed by atoms with E-state index in [1.54, 1.807) is 11.4 Å². The van der Waals surface area contributed by atoms with Gasteiger partial charge in [0.15, 0.2) is 0 Å². The van der Waals surface area contributed by atoms with Gasteiger partial charge in [-0.3, -0.25) is 9.59 Å². The van der Waals surface area contributed by atoms with E-state index in [0.29, 0.717) is 17.9 Å². The maximum atomic E-state index is 11.4. The van der Waals surface area contributed by atoms with E-state index in [9.17, 15) is 9.59 Å². The van der Waals surface area contributed by atoms with E-state index >= 15 is 0 Å². The Morgan fingerprint density at radius 1 is 1.44 bits per heavy atom. The highest BCUT2D eigenvalue weighted by molar-refractivity contribution is 7.99. The molecule has 4 nitrogen and oxygen atoms in total. The Hall–Kier alpha value is -1.01. The van der Waals surface area contributed by atoms with E-state index in [-0.39, 0.29) is 12.3 Å². The molecule has 0 aromatic carbocycles. The Labute approximate surface area is 102 Å². The fourth-order valence-electron chi connectivity index (χ4n) is 0.994. The van der Waals surface area contributed by atoms with Crippen LogP contribution in [0.15, 0.2) is 16.8 Å². The van der Waals surface area contributed by atoms with Crippen molar-refractivity contribution < 1.29 is 14.7 Å². The molecule has 1 aromatic heterocycles. The number of hydrogen-bond donors (Lipinski definition) is 2. The van der Waals surface area contributed by atoms with Crippen LogP contribution in [0.1, 0.15) is 16.8 Å². The van der Waals surface area contributed by atoms with Gasteiger partial charge in [0.05, 0.1) is 6.42 Å². The van der Waals surface area contributed by atoms with Crippen LogP contribution in [0.25, 0.3) is 0 Å². The maximum absolute atomic E-state index is 11.4. The lowest BCUT2D eigenvalue weighted by Crippen LogP contribution is -2.25. The second-order valence-electron chi connectivity index (χ2n) is 3.02. The zero-order valence-corrected chi connectivity index (χ0v) is 10.3. The van der Waals surface area contributed by atoms with Gasteiger partial charge in [-0.05, 0) is 11.4 Å². The van der Waals surface area contributed by atoms with Crippen LogP contribution in [-0.4, -0.2) is 35.0 Å². The maximum Gasteiger partial charge on any atom is 0.304 e. The lowest BCUT2D eigenvalue weighted by atomic mass is 10.3. The Bertz CT molecular complexity index is 338. The molecule has 1 amide bonds. The van der Waals surface area contributed by atoms with Crippen molar-refractivity contribution in [1.82, 2.24) is 5.32 Å². The van der Waals surface area contributed by atoms with Crippen LogP contribution < -0.4 is 5.32 Å². The molecular formula is C10H13NO3S2. The summed E-state index contributed by atoms with van der Waals surface area (Å²) in [5, 5.41) is 14.8. The summed E-state index contributed by atoms with van der Waals surface area (Å²) in [4.78, 5) is 21.7. The number of hydrogen-bond acceptors (Lipinski definition) is 4. The zero-order chi connectivity index (χ0) is 11.8. The monoisotopic (exact) mass is 259 g/mol. The van der Waals surface area contributed by atoms with Crippen molar-refractivity contribution in [2.75, 3.05) is 18.1 Å². The van der Waals surface area contributed by atoms with Gasteiger partial charge in [-0.15, -0.1) is 0 Å². The number of thiophene rings is 1. The van der Waals surface area contributed by atoms with Crippen LogP contribution in [0.2, 0.25) is 0 Å². The molecule has 0 spiro atoms. The first-order valence-electron chi connectivity index (χ1n) is 4.80. The molecule has 0 saturated carbocycles. The van der Waals surface area contributed by atoms with Gasteiger partial charge < -0.3 is 10.4 Å². The van der Waals surface area contributed by atoms with Crippen LogP contribution in [-0.2, 0) is 4.79 Å². The summed E-state index contributed by atoms with van der Waals surface area (Å²) in [5.41, 5.74) is 0.681. The Morgan fingerprint density at radius 3 is 2.88 bits per heavy atom. The molecule has 0 bridgehead atoms. The molecule has 0 saturated heterocycles. The first-order chi connectivity index (χ1) is 7.70. The van der Waals surface area contributed by atoms with Gasteiger partial charge in [0, 0.05) is 29.0 Å². The molecule has 88 valence electrons. The molecule has 0 aliphatic carbocycles. The molecule has 0 atom stereocenters. The van der Waals surface area contributed by atoms with E-state index in [1.807, 2.05) is 5.38 Å². The Balaban J connectivity index is 2.03. The molecular weight excluding hydrogens is 246 g/mol. The van der Waals surface area contributed by atoms with Gasteiger partial charge in [-0.1, -0.05) is 0 Å². The average molecular weight is 259 g/mol. The minimum Gasteiger partial charge on any atom is -0.481 e. The van der Waals surface area contributed by atoms with Gasteiger partial charge >= 0.3 is 5.97 Å². The minimum atomic E-state index is -0.783. The minimum absolute atomic E-state index is 0.0694. The Kier molecular flexibility index (Phi) is 5.95. The van der Waals surface area contributed by atoms with Crippen LogP contribution in [0.5, 0.6) is 0 Å². The normalized spacial score (nSPS) is 10.0. The second-order valence-corrected chi connectivity index (χ2v) is 5.03. The van der Waals surface area contributed by atoms with Crippen molar-refractivity contribution in [2.24, 2.45) is 0 Å². The highest BCUT2D eigenvalue weighted by Gasteiger charge is 2.04. The van der Waals surface area contributed by atoms with Gasteiger partial charge in [0.2, 0.25) is 0 Å². The lowest BCUT2D eigenvalue weighted by molar-refractivity contribution is -0.136. The standard InChI is InChI=1S/C10H13NO3S2/c12-9(13)2-5-15-6-3-11-10(14)8-1-4-16-7-8/h1,4,7H,2-3,5-6H2,(H,11,14)(H,12,13). The molecule has 2 N–H and O–H groups in total. The molecule has 16 heavy (non-hydrogen) atoms. The van der Waals surface area contributed by atoms with E-state index in [2.05, 4.69) is 5.32 Å². The van der Waals surface area contributed by atoms with Gasteiger partial charge in [0.25, 0.3) is 5.91 Å². The van der Waals surface area contributed by atoms with E-state index < -0.39 is 5.97 Å². The molecule has 1 heterocycles. The van der Waals surface area contributed by atoms with E-state index in [1.165, 1.54) is 23.1 Å². The Morgan fingerprint density at radius 2 is 2.25 bits per heavy atom. The quantitative estimate of drug-likeness (QED) is 0.731. The average Bonchev–Trinajstić information content (AvgIpc) is 2.75. The number of aliphatic carboxylic acids is 1. The molecule has 1 rings (SSSR count). The summed E-state index contributed by atoms with van der Waals surface area (Å²) in [7, 11) is 0. The number of carboxylic acids is 1. The van der Waals surface area contributed by atoms with E-state index in [0.717, 1.165) is 5.75 Å². The number of carboxylic acid groups (broad SMARTS) is 1. The topological polar surface area (TPSA) is 66.4 Å². The van der Waals surface area contributed by atoms with Crippen molar-refractivity contribution in [3.63, 3.8) is 0 Å². The molecule has 0 fully saturated rings. The van der Waals surface area contributed by atoms with Gasteiger partial charge in [0.1, 0.15) is 0 Å². The molecule has 0 unspecified atom stereocenters. The predicted octanol–water partition coefficient (Wildman–Crippen LogP) is 1.69. The number of nitrogens with one attached hydrogen (secondary N) is 1. The summed E-state index contributed by atoms with van der Waals surface area (Å²) in [5.74, 6) is 0.474. The molecule has 6 heteroatoms. The van der Waals surface area contributed by atoms with Crippen LogP contribution in [0.4, 0.5) is 0 Å². The summed E-state index contributed by atoms with van der Waals surface area (Å²) >= 11 is 3.02. The van der Waals surface area contributed by atoms with Crippen molar-refractivity contribution in [3.05, 3.63) is 22.4 Å². The van der Waals surface area contributed by atoms with Crippen molar-refractivity contribution >= 4 is 35.0 Å². The highest BCUT2D eigenvalue weighted by atomic mass is 32.2. The van der Waals surface area contributed by atoms with Gasteiger partial charge in [-0.2, -0.15) is 23.1 Å². The molecule has 0 aliphatic heterocycles. The van der Waals surface area contributed by atoms with Crippen molar-refractivity contribution in [3.8, 4) is 0 Å². The number of amides is 1. The SMILES string of the molecule is O=C(O)CCSCCNC(=O)c1ccsc1. The number of thioether (sulfide) groups is 1. The fraction of sp³-hybridized carbons (Fsp3) is 0.400. The number of carbonyl (C=O) groups is 2. The van der Waals surface area contributed by atoms with Crippen LogP contribution in [0.3, 0.4) is 0 Å². The lowest BCUT2D eigenvalue weighted by Gasteiger charge is -2.02. The summed E-state index contributed by atoms with van der Waals surface area (Å²) in [6.07, 6.45) is 0.170. The number of rotatable bonds is 7. The van der Waals surface area contributed by atoms with Crippen LogP contribution >= 0.6 is 23.1 Å². The first kappa shape index (κ1) is 13.1. The third kappa shape index (κ3) is 5.18. The van der Waals surface area contributed by atoms with Gasteiger partial charge in [-0.25, -0.2) is 0 Å². The zero-order valence-electron chi connectivity index (χ0n) is 8.64. The summed E-state index contributed by atoms with van der Waals surface area (Å²) in [6.45, 7) is 0.568. The summed E-state index contributed by atoms with van der Waals surface area (Å²) < 4.78 is 0. The molecule has 0 aliphatic rings. The first-order valence-corrected chi connectivity index (χ1v) is 6.90. The molecule has 0 radical (unpaired) electrons. The van der Waals surface area contributed by atoms with Crippen molar-refractivity contribution in [1.29, 1.82) is 0 Å². The third-order valence-corrected chi connectivity index (χ3v) is 3.44. The number of carbonyl (C=O) groups excluding carboxylic acids is 1. The highest BCUT2D eigenvalue weighted by Crippen LogP contribution is 2.05. The predicted molar refractivity (Wildman–Crippen MR) is 66.2 cm³/mol.